The maximum atomic E-state index is 4.07. The summed E-state index contributed by atoms with van der Waals surface area (Å²) in [5.74, 6) is 5.21. The van der Waals surface area contributed by atoms with Gasteiger partial charge in [0.2, 0.25) is 0 Å². The van der Waals surface area contributed by atoms with E-state index in [1.165, 1.54) is 31.2 Å². The highest BCUT2D eigenvalue weighted by molar-refractivity contribution is 5.24. The van der Waals surface area contributed by atoms with Crippen LogP contribution in [-0.2, 0) is 0 Å². The Labute approximate surface area is 115 Å². The van der Waals surface area contributed by atoms with E-state index in [4.69, 9.17) is 0 Å². The number of hydrogen-bond donors (Lipinski definition) is 1. The monoisotopic (exact) mass is 253 g/mol. The molecule has 0 saturated heterocycles. The molecule has 2 bridgehead atoms. The van der Waals surface area contributed by atoms with Gasteiger partial charge in [-0.2, -0.15) is 0 Å². The zero-order valence-corrected chi connectivity index (χ0v) is 11.5. The van der Waals surface area contributed by atoms with Gasteiger partial charge < -0.3 is 5.32 Å². The van der Waals surface area contributed by atoms with Crippen molar-refractivity contribution in [3.8, 4) is 0 Å². The van der Waals surface area contributed by atoms with Crippen molar-refractivity contribution in [2.45, 2.75) is 44.2 Å². The number of hydrogen-bond acceptors (Lipinski definition) is 1. The molecule has 1 nitrogen and oxygen atoms in total. The van der Waals surface area contributed by atoms with Crippen molar-refractivity contribution < 1.29 is 0 Å². The third kappa shape index (κ3) is 1.64. The molecule has 4 aliphatic carbocycles. The lowest BCUT2D eigenvalue weighted by atomic mass is 10.0. The Morgan fingerprint density at radius 3 is 2.21 bits per heavy atom. The summed E-state index contributed by atoms with van der Waals surface area (Å²) >= 11 is 0. The molecule has 0 aromatic heterocycles. The first-order valence-electron chi connectivity index (χ1n) is 8.23. The van der Waals surface area contributed by atoms with Gasteiger partial charge in [-0.3, -0.25) is 0 Å². The van der Waals surface area contributed by atoms with Gasteiger partial charge in [0.15, 0.2) is 0 Å². The van der Waals surface area contributed by atoms with Crippen LogP contribution in [0.5, 0.6) is 0 Å². The molecule has 1 heteroatoms. The Kier molecular flexibility index (Phi) is 2.21. The highest BCUT2D eigenvalue weighted by Crippen LogP contribution is 2.66. The summed E-state index contributed by atoms with van der Waals surface area (Å²) in [5, 5.41) is 4.07. The summed E-state index contributed by atoms with van der Waals surface area (Å²) in [5.41, 5.74) is 1.53. The Morgan fingerprint density at radius 2 is 1.58 bits per heavy atom. The van der Waals surface area contributed by atoms with E-state index >= 15 is 0 Å². The highest BCUT2D eigenvalue weighted by atomic mass is 15.1. The molecular weight excluding hydrogens is 230 g/mol. The van der Waals surface area contributed by atoms with Crippen LogP contribution in [0.4, 0.5) is 0 Å². The predicted molar refractivity (Wildman–Crippen MR) is 76.6 cm³/mol. The normalized spacial score (nSPS) is 44.1. The molecule has 5 unspecified atom stereocenters. The molecule has 1 aromatic carbocycles. The Hall–Kier alpha value is -0.820. The summed E-state index contributed by atoms with van der Waals surface area (Å²) in [6.45, 7) is 0. The molecule has 1 N–H and O–H groups in total. The van der Waals surface area contributed by atoms with Crippen LogP contribution in [0.3, 0.4) is 0 Å². The van der Waals surface area contributed by atoms with Crippen molar-refractivity contribution >= 4 is 0 Å². The van der Waals surface area contributed by atoms with E-state index < -0.39 is 0 Å². The van der Waals surface area contributed by atoms with Crippen LogP contribution in [0.15, 0.2) is 30.3 Å². The lowest BCUT2D eigenvalue weighted by Crippen LogP contribution is -2.29. The van der Waals surface area contributed by atoms with Gasteiger partial charge in [0, 0.05) is 12.1 Å². The van der Waals surface area contributed by atoms with Crippen molar-refractivity contribution in [3.05, 3.63) is 35.9 Å². The summed E-state index contributed by atoms with van der Waals surface area (Å²) in [4.78, 5) is 0. The Morgan fingerprint density at radius 1 is 0.895 bits per heavy atom. The lowest BCUT2D eigenvalue weighted by Gasteiger charge is -2.21. The van der Waals surface area contributed by atoms with E-state index in [-0.39, 0.29) is 0 Å². The van der Waals surface area contributed by atoms with Gasteiger partial charge in [-0.05, 0) is 67.3 Å². The van der Waals surface area contributed by atoms with Gasteiger partial charge in [0.1, 0.15) is 0 Å². The molecule has 5 atom stereocenters. The average Bonchev–Trinajstić information content (AvgIpc) is 3.35. The fourth-order valence-corrected chi connectivity index (χ4v) is 5.35. The second kappa shape index (κ2) is 3.85. The van der Waals surface area contributed by atoms with Crippen molar-refractivity contribution in [1.29, 1.82) is 0 Å². The Balaban J connectivity index is 1.35. The van der Waals surface area contributed by atoms with Crippen molar-refractivity contribution in [2.24, 2.45) is 29.6 Å². The van der Waals surface area contributed by atoms with Gasteiger partial charge >= 0.3 is 0 Å². The molecule has 0 spiro atoms. The number of fused-ring (bicyclic) bond motifs is 5. The number of rotatable bonds is 4. The minimum Gasteiger partial charge on any atom is -0.306 e. The first-order chi connectivity index (χ1) is 9.42. The van der Waals surface area contributed by atoms with Crippen LogP contribution in [0.1, 0.15) is 43.7 Å². The van der Waals surface area contributed by atoms with E-state index in [1.54, 1.807) is 6.42 Å². The fourth-order valence-electron chi connectivity index (χ4n) is 5.35. The van der Waals surface area contributed by atoms with Crippen LogP contribution in [0.2, 0.25) is 0 Å². The van der Waals surface area contributed by atoms with Crippen LogP contribution in [-0.4, -0.2) is 6.04 Å². The molecule has 0 heterocycles. The molecule has 100 valence electrons. The van der Waals surface area contributed by atoms with Crippen LogP contribution in [0.25, 0.3) is 0 Å². The topological polar surface area (TPSA) is 12.0 Å². The smallest absolute Gasteiger partial charge is 0.0351 e. The van der Waals surface area contributed by atoms with Gasteiger partial charge in [0.05, 0.1) is 0 Å². The van der Waals surface area contributed by atoms with Gasteiger partial charge in [-0.25, -0.2) is 0 Å². The van der Waals surface area contributed by atoms with Crippen molar-refractivity contribution in [3.63, 3.8) is 0 Å². The molecule has 5 rings (SSSR count). The SMILES string of the molecule is c1ccc(C(NC2C3C4CCC(C4)C23)C2CC2)cc1. The fraction of sp³-hybridized carbons (Fsp3) is 0.667. The largest absolute Gasteiger partial charge is 0.306 e. The molecule has 0 radical (unpaired) electrons. The lowest BCUT2D eigenvalue weighted by molar-refractivity contribution is 0.399. The minimum absolute atomic E-state index is 0.649. The predicted octanol–water partition coefficient (Wildman–Crippen LogP) is 3.77. The summed E-state index contributed by atoms with van der Waals surface area (Å²) < 4.78 is 0. The zero-order chi connectivity index (χ0) is 12.4. The third-order valence-electron chi connectivity index (χ3n) is 6.36. The van der Waals surface area contributed by atoms with Gasteiger partial charge in [0.25, 0.3) is 0 Å². The zero-order valence-electron chi connectivity index (χ0n) is 11.5. The number of benzene rings is 1. The molecule has 4 fully saturated rings. The third-order valence-corrected chi connectivity index (χ3v) is 6.36. The van der Waals surface area contributed by atoms with E-state index in [0.717, 1.165) is 35.6 Å². The van der Waals surface area contributed by atoms with Gasteiger partial charge in [-0.1, -0.05) is 30.3 Å². The molecule has 19 heavy (non-hydrogen) atoms. The molecular formula is C18H23N. The maximum Gasteiger partial charge on any atom is 0.0351 e. The van der Waals surface area contributed by atoms with Crippen LogP contribution < -0.4 is 5.32 Å². The van der Waals surface area contributed by atoms with E-state index in [1.807, 2.05) is 0 Å². The standard InChI is InChI=1S/C18H23N/c1-2-4-11(5-3-1)17(12-6-7-12)19-18-15-13-8-9-14(10-13)16(15)18/h1-5,12-19H,6-10H2. The van der Waals surface area contributed by atoms with Crippen molar-refractivity contribution in [2.75, 3.05) is 0 Å². The van der Waals surface area contributed by atoms with Gasteiger partial charge in [-0.15, -0.1) is 0 Å². The second-order valence-corrected chi connectivity index (χ2v) is 7.41. The maximum absolute atomic E-state index is 4.07. The second-order valence-electron chi connectivity index (χ2n) is 7.41. The minimum atomic E-state index is 0.649. The first-order valence-corrected chi connectivity index (χ1v) is 8.23. The van der Waals surface area contributed by atoms with Crippen LogP contribution >= 0.6 is 0 Å². The van der Waals surface area contributed by atoms with Crippen LogP contribution in [0, 0.1) is 29.6 Å². The first kappa shape index (κ1) is 10.9. The molecule has 4 saturated carbocycles. The summed E-state index contributed by atoms with van der Waals surface area (Å²) in [6, 6.07) is 12.7. The van der Waals surface area contributed by atoms with E-state index in [0.29, 0.717) is 6.04 Å². The average molecular weight is 253 g/mol. The molecule has 0 aliphatic heterocycles. The van der Waals surface area contributed by atoms with E-state index in [9.17, 15) is 0 Å². The molecule has 0 amide bonds. The summed E-state index contributed by atoms with van der Waals surface area (Å²) in [7, 11) is 0. The number of nitrogens with one attached hydrogen (secondary N) is 1. The van der Waals surface area contributed by atoms with Crippen molar-refractivity contribution in [1.82, 2.24) is 5.32 Å². The van der Waals surface area contributed by atoms with E-state index in [2.05, 4.69) is 35.6 Å². The quantitative estimate of drug-likeness (QED) is 0.861. The molecule has 4 aliphatic rings. The Bertz CT molecular complexity index is 462. The highest BCUT2D eigenvalue weighted by Gasteiger charge is 2.65. The summed E-state index contributed by atoms with van der Waals surface area (Å²) in [6.07, 6.45) is 7.49. The molecule has 1 aromatic rings.